The number of carbonyl (C=O) groups excluding carboxylic acids is 6. The predicted molar refractivity (Wildman–Crippen MR) is 274 cm³/mol. The number of carbonyl (C=O) groups is 7. The molecule has 2 atom stereocenters. The van der Waals surface area contributed by atoms with Crippen molar-refractivity contribution in [3.05, 3.63) is 0 Å². The Morgan fingerprint density at radius 1 is 0.320 bits per heavy atom. The van der Waals surface area contributed by atoms with Crippen LogP contribution >= 0.6 is 0 Å². The maximum Gasteiger partial charge on any atom is 0.305 e. The van der Waals surface area contributed by atoms with Crippen LogP contribution < -0.4 is 49.1 Å². The van der Waals surface area contributed by atoms with Crippen LogP contribution in [-0.2, 0) is 80.9 Å². The van der Waals surface area contributed by atoms with Crippen molar-refractivity contribution in [3.63, 3.8) is 0 Å². The second-order valence-electron chi connectivity index (χ2n) is 16.5. The van der Waals surface area contributed by atoms with Crippen LogP contribution in [0.5, 0.6) is 0 Å². The maximum absolute atomic E-state index is 14.0. The van der Waals surface area contributed by atoms with E-state index in [0.29, 0.717) is 144 Å². The van der Waals surface area contributed by atoms with Crippen LogP contribution in [-0.4, -0.2) is 237 Å². The van der Waals surface area contributed by atoms with E-state index in [-0.39, 0.29) is 129 Å². The number of rotatable bonds is 57. The number of amides is 6. The quantitative estimate of drug-likeness (QED) is 0.0276. The molecule has 27 heteroatoms. The highest BCUT2D eigenvalue weighted by Crippen LogP contribution is 2.07. The number of nitrogens with two attached hydrogens (primary N) is 3. The lowest BCUT2D eigenvalue weighted by molar-refractivity contribution is -0.138. The third kappa shape index (κ3) is 50.4. The zero-order valence-electron chi connectivity index (χ0n) is 44.4. The highest BCUT2D eigenvalue weighted by Gasteiger charge is 2.26. The molecule has 0 aliphatic rings. The zero-order valence-corrected chi connectivity index (χ0v) is 44.4. The first-order valence-electron chi connectivity index (χ1n) is 26.3. The van der Waals surface area contributed by atoms with E-state index in [1.54, 1.807) is 0 Å². The molecule has 27 nitrogen and oxygen atoms in total. The largest absolute Gasteiger partial charge is 0.481 e. The van der Waals surface area contributed by atoms with Gasteiger partial charge in [-0.2, -0.15) is 0 Å². The average molecular weight is 1080 g/mol. The summed E-state index contributed by atoms with van der Waals surface area (Å²) in [6.45, 7) is 8.32. The van der Waals surface area contributed by atoms with E-state index in [4.69, 9.17) is 69.7 Å². The lowest BCUT2D eigenvalue weighted by Crippen LogP contribution is -2.54. The van der Waals surface area contributed by atoms with Gasteiger partial charge in [0.05, 0.1) is 139 Å². The molecule has 13 N–H and O–H groups in total. The van der Waals surface area contributed by atoms with E-state index in [1.165, 1.54) is 0 Å². The Morgan fingerprint density at radius 3 is 1.04 bits per heavy atom. The fourth-order valence-corrected chi connectivity index (χ4v) is 6.22. The zero-order chi connectivity index (χ0) is 55.1. The van der Waals surface area contributed by atoms with Gasteiger partial charge in [0.1, 0.15) is 12.1 Å². The lowest BCUT2D eigenvalue weighted by Gasteiger charge is -2.23. The van der Waals surface area contributed by atoms with Crippen molar-refractivity contribution >= 4 is 41.4 Å². The average Bonchev–Trinajstić information content (AvgIpc) is 3.39. The van der Waals surface area contributed by atoms with E-state index >= 15 is 0 Å². The molecular weight excluding hydrogens is 991 g/mol. The van der Waals surface area contributed by atoms with E-state index in [0.717, 1.165) is 0 Å². The minimum Gasteiger partial charge on any atom is -0.481 e. The van der Waals surface area contributed by atoms with Gasteiger partial charge in [-0.05, 0) is 44.9 Å². The second kappa shape index (κ2) is 54.6. The molecule has 438 valence electrons. The van der Waals surface area contributed by atoms with Crippen molar-refractivity contribution in [2.75, 3.05) is 178 Å². The SMILES string of the molecule is NCCOCCOCCC(=O)NCCCC[C@H](NC(=O)CCCNC(=O)CCOCCOCCN)C(=O)N[C@@H](CCCCNC(=O)CCOCCOCCN)C(=O)NCCOCCOCCOCCOCCC(=O)O. The second-order valence-corrected chi connectivity index (χ2v) is 16.5. The van der Waals surface area contributed by atoms with Gasteiger partial charge >= 0.3 is 5.97 Å². The Kier molecular flexibility index (Phi) is 51.5. The van der Waals surface area contributed by atoms with E-state index < -0.39 is 35.8 Å². The fraction of sp³-hybridized carbons (Fsp3) is 0.854. The third-order valence-corrected chi connectivity index (χ3v) is 10.1. The van der Waals surface area contributed by atoms with Gasteiger partial charge in [0.2, 0.25) is 35.4 Å². The summed E-state index contributed by atoms with van der Waals surface area (Å²) in [5, 5.41) is 25.5. The number of aliphatic carboxylic acids is 1. The van der Waals surface area contributed by atoms with Crippen LogP contribution in [0.4, 0.5) is 0 Å². The first-order chi connectivity index (χ1) is 36.5. The molecule has 0 saturated carbocycles. The summed E-state index contributed by atoms with van der Waals surface area (Å²) in [6.07, 6.45) is 2.98. The number of hydrogen-bond acceptors (Lipinski definition) is 20. The first-order valence-corrected chi connectivity index (χ1v) is 26.3. The van der Waals surface area contributed by atoms with Gasteiger partial charge in [0.25, 0.3) is 0 Å². The molecule has 0 unspecified atom stereocenters. The van der Waals surface area contributed by atoms with Crippen molar-refractivity contribution in [1.82, 2.24) is 31.9 Å². The molecule has 0 rings (SSSR count). The smallest absolute Gasteiger partial charge is 0.305 e. The van der Waals surface area contributed by atoms with Gasteiger partial charge in [-0.3, -0.25) is 33.6 Å². The Labute approximate surface area is 442 Å². The van der Waals surface area contributed by atoms with Crippen LogP contribution in [0.3, 0.4) is 0 Å². The summed E-state index contributed by atoms with van der Waals surface area (Å²) in [6, 6.07) is -2.03. The number of carboxylic acids is 1. The molecule has 0 fully saturated rings. The van der Waals surface area contributed by atoms with Crippen molar-refractivity contribution < 1.29 is 86.0 Å². The Balaban J connectivity index is 5.40. The third-order valence-electron chi connectivity index (χ3n) is 10.1. The Hall–Kier alpha value is -4.23. The van der Waals surface area contributed by atoms with Crippen LogP contribution in [0.15, 0.2) is 0 Å². The summed E-state index contributed by atoms with van der Waals surface area (Å²) in [7, 11) is 0. The molecule has 75 heavy (non-hydrogen) atoms. The molecule has 0 bridgehead atoms. The minimum absolute atomic E-state index is 0.00705. The molecule has 0 saturated heterocycles. The van der Waals surface area contributed by atoms with Gasteiger partial charge in [-0.25, -0.2) is 0 Å². The van der Waals surface area contributed by atoms with Crippen molar-refractivity contribution in [2.24, 2.45) is 17.2 Å². The van der Waals surface area contributed by atoms with Gasteiger partial charge in [0.15, 0.2) is 0 Å². The van der Waals surface area contributed by atoms with E-state index in [1.807, 2.05) is 0 Å². The monoisotopic (exact) mass is 1080 g/mol. The van der Waals surface area contributed by atoms with Gasteiger partial charge in [-0.15, -0.1) is 0 Å². The Morgan fingerprint density at radius 2 is 0.653 bits per heavy atom. The molecule has 0 spiro atoms. The summed E-state index contributed by atoms with van der Waals surface area (Å²) in [5.41, 5.74) is 16.2. The van der Waals surface area contributed by atoms with Gasteiger partial charge < -0.3 is 102 Å². The molecule has 0 aromatic heterocycles. The van der Waals surface area contributed by atoms with Gasteiger partial charge in [-0.1, -0.05) is 0 Å². The molecule has 0 aromatic rings. The standard InChI is InChI=1S/C48H93N9O18/c49-13-24-70-32-28-66-20-9-42(58)52-16-3-1-6-40(47(64)55-19-27-73-35-37-75-39-38-74-36-31-69-23-12-46(62)63)57-48(65)41(7-2-4-17-53-43(59)10-21-67-29-33-71-25-14-50)56-45(61)8-5-18-54-44(60)11-22-68-30-34-72-26-15-51/h40-41H,1-39,49-51H2,(H,52,58)(H,53,59)(H,54,60)(H,55,64)(H,56,61)(H,57,65)(H,62,63)/t40-,41-/m0/s1. The van der Waals surface area contributed by atoms with Crippen molar-refractivity contribution in [2.45, 2.75) is 89.1 Å². The highest BCUT2D eigenvalue weighted by atomic mass is 16.6. The number of unbranched alkanes of at least 4 members (excludes halogenated alkanes) is 2. The number of nitrogens with one attached hydrogen (secondary N) is 6. The summed E-state index contributed by atoms with van der Waals surface area (Å²) < 4.78 is 53.6. The summed E-state index contributed by atoms with van der Waals surface area (Å²) in [5.74, 6) is -3.04. The van der Waals surface area contributed by atoms with Crippen molar-refractivity contribution in [3.8, 4) is 0 Å². The maximum atomic E-state index is 14.0. The molecule has 0 heterocycles. The molecule has 0 radical (unpaired) electrons. The molecule has 0 aromatic carbocycles. The number of hydrogen-bond donors (Lipinski definition) is 10. The predicted octanol–water partition coefficient (Wildman–Crippen LogP) is -2.77. The molecule has 0 aliphatic carbocycles. The Bertz CT molecular complexity index is 1440. The van der Waals surface area contributed by atoms with E-state index in [2.05, 4.69) is 31.9 Å². The molecule has 6 amide bonds. The fourth-order valence-electron chi connectivity index (χ4n) is 6.22. The summed E-state index contributed by atoms with van der Waals surface area (Å²) in [4.78, 5) is 88.3. The topological polar surface area (TPSA) is 382 Å². The molecule has 0 aliphatic heterocycles. The highest BCUT2D eigenvalue weighted by molar-refractivity contribution is 5.92. The van der Waals surface area contributed by atoms with Crippen LogP contribution in [0.25, 0.3) is 0 Å². The normalized spacial score (nSPS) is 11.9. The van der Waals surface area contributed by atoms with Crippen LogP contribution in [0.1, 0.15) is 77.0 Å². The number of ether oxygens (including phenoxy) is 10. The van der Waals surface area contributed by atoms with Crippen molar-refractivity contribution in [1.29, 1.82) is 0 Å². The van der Waals surface area contributed by atoms with Crippen LogP contribution in [0.2, 0.25) is 0 Å². The van der Waals surface area contributed by atoms with E-state index in [9.17, 15) is 33.6 Å². The lowest BCUT2D eigenvalue weighted by atomic mass is 10.0. The van der Waals surface area contributed by atoms with Crippen LogP contribution in [0, 0.1) is 0 Å². The number of carboxylic acid groups (broad SMARTS) is 1. The van der Waals surface area contributed by atoms with Gasteiger partial charge in [0, 0.05) is 71.5 Å². The molecular formula is C48H93N9O18. The minimum atomic E-state index is -1.03. The first kappa shape index (κ1) is 70.8. The summed E-state index contributed by atoms with van der Waals surface area (Å²) >= 11 is 0.